The first-order valence-electron chi connectivity index (χ1n) is 8.79. The third kappa shape index (κ3) is 6.42. The van der Waals surface area contributed by atoms with Crippen LogP contribution in [0.3, 0.4) is 0 Å². The van der Waals surface area contributed by atoms with Gasteiger partial charge in [0, 0.05) is 13.0 Å². The fourth-order valence-corrected chi connectivity index (χ4v) is 2.72. The second kappa shape index (κ2) is 10.3. The Balaban J connectivity index is 1.93. The number of amides is 1. The van der Waals surface area contributed by atoms with Gasteiger partial charge in [-0.25, -0.2) is 4.79 Å². The minimum atomic E-state index is -0.756. The smallest absolute Gasteiger partial charge is 0.328 e. The average molecular weight is 370 g/mol. The van der Waals surface area contributed by atoms with E-state index in [1.807, 2.05) is 55.5 Å². The Morgan fingerprint density at radius 1 is 1.04 bits per heavy atom. The molecule has 2 aromatic carbocycles. The van der Waals surface area contributed by atoms with E-state index >= 15 is 0 Å². The number of carbonyl (C=O) groups is 2. The van der Waals surface area contributed by atoms with E-state index in [4.69, 9.17) is 9.47 Å². The highest BCUT2D eigenvalue weighted by Gasteiger charge is 2.22. The minimum Gasteiger partial charge on any atom is -0.496 e. The lowest BCUT2D eigenvalue weighted by Gasteiger charge is -2.17. The van der Waals surface area contributed by atoms with Crippen LogP contribution in [-0.2, 0) is 27.3 Å². The number of nitrogens with one attached hydrogen (secondary N) is 2. The molecule has 1 atom stereocenters. The molecule has 1 amide bonds. The summed E-state index contributed by atoms with van der Waals surface area (Å²) in [5.41, 5.74) is 2.97. The SMILES string of the molecule is COC(=O)[C@@H](Cc1ccc(C)c(OC)c1)NC(=O)CNCc1ccccc1. The number of hydrogen-bond donors (Lipinski definition) is 2. The average Bonchev–Trinajstić information content (AvgIpc) is 2.69. The summed E-state index contributed by atoms with van der Waals surface area (Å²) < 4.78 is 10.2. The number of hydrogen-bond acceptors (Lipinski definition) is 5. The molecule has 0 saturated carbocycles. The van der Waals surface area contributed by atoms with Crippen LogP contribution in [-0.4, -0.2) is 38.7 Å². The van der Waals surface area contributed by atoms with Crippen LogP contribution in [0, 0.1) is 6.92 Å². The van der Waals surface area contributed by atoms with E-state index in [-0.39, 0.29) is 12.5 Å². The van der Waals surface area contributed by atoms with Crippen molar-refractivity contribution in [2.75, 3.05) is 20.8 Å². The van der Waals surface area contributed by atoms with Gasteiger partial charge in [-0.15, -0.1) is 0 Å². The highest BCUT2D eigenvalue weighted by atomic mass is 16.5. The zero-order valence-electron chi connectivity index (χ0n) is 16.0. The number of aryl methyl sites for hydroxylation is 1. The van der Waals surface area contributed by atoms with Crippen molar-refractivity contribution in [2.45, 2.75) is 25.9 Å². The van der Waals surface area contributed by atoms with E-state index in [1.54, 1.807) is 7.11 Å². The van der Waals surface area contributed by atoms with Gasteiger partial charge in [0.05, 0.1) is 20.8 Å². The summed E-state index contributed by atoms with van der Waals surface area (Å²) in [5.74, 6) is -0.00155. The Hall–Kier alpha value is -2.86. The highest BCUT2D eigenvalue weighted by molar-refractivity contribution is 5.85. The molecule has 0 radical (unpaired) electrons. The lowest BCUT2D eigenvalue weighted by atomic mass is 10.0. The topological polar surface area (TPSA) is 76.7 Å². The number of rotatable bonds is 9. The van der Waals surface area contributed by atoms with E-state index in [0.717, 1.165) is 22.4 Å². The molecule has 0 aromatic heterocycles. The molecule has 0 unspecified atom stereocenters. The second-order valence-corrected chi connectivity index (χ2v) is 6.24. The molecule has 0 heterocycles. The Labute approximate surface area is 159 Å². The van der Waals surface area contributed by atoms with E-state index < -0.39 is 12.0 Å². The van der Waals surface area contributed by atoms with Gasteiger partial charge in [-0.1, -0.05) is 42.5 Å². The molecule has 2 rings (SSSR count). The summed E-state index contributed by atoms with van der Waals surface area (Å²) in [6, 6.07) is 14.7. The predicted molar refractivity (Wildman–Crippen MR) is 104 cm³/mol. The number of carbonyl (C=O) groups excluding carboxylic acids is 2. The Morgan fingerprint density at radius 2 is 1.78 bits per heavy atom. The van der Waals surface area contributed by atoms with E-state index in [0.29, 0.717) is 13.0 Å². The maximum Gasteiger partial charge on any atom is 0.328 e. The van der Waals surface area contributed by atoms with E-state index in [1.165, 1.54) is 7.11 Å². The Kier molecular flexibility index (Phi) is 7.82. The third-order valence-corrected chi connectivity index (χ3v) is 4.19. The van der Waals surface area contributed by atoms with Crippen molar-refractivity contribution in [1.82, 2.24) is 10.6 Å². The van der Waals surface area contributed by atoms with Gasteiger partial charge in [0.25, 0.3) is 0 Å². The van der Waals surface area contributed by atoms with Crippen molar-refractivity contribution >= 4 is 11.9 Å². The highest BCUT2D eigenvalue weighted by Crippen LogP contribution is 2.20. The van der Waals surface area contributed by atoms with E-state index in [2.05, 4.69) is 10.6 Å². The van der Waals surface area contributed by atoms with Crippen molar-refractivity contribution in [3.63, 3.8) is 0 Å². The standard InChI is InChI=1S/C21H26N2O4/c1-15-9-10-17(12-19(15)26-2)11-18(21(25)27-3)23-20(24)14-22-13-16-7-5-4-6-8-16/h4-10,12,18,22H,11,13-14H2,1-3H3,(H,23,24)/t18-/m1/s1. The van der Waals surface area contributed by atoms with Crippen molar-refractivity contribution in [3.8, 4) is 5.75 Å². The Bertz CT molecular complexity index is 762. The first kappa shape index (κ1) is 20.5. The van der Waals surface area contributed by atoms with Crippen LogP contribution in [0.15, 0.2) is 48.5 Å². The number of benzene rings is 2. The minimum absolute atomic E-state index is 0.111. The molecule has 0 aliphatic rings. The van der Waals surface area contributed by atoms with Crippen LogP contribution in [0.1, 0.15) is 16.7 Å². The fourth-order valence-electron chi connectivity index (χ4n) is 2.72. The fraction of sp³-hybridized carbons (Fsp3) is 0.333. The lowest BCUT2D eigenvalue weighted by Crippen LogP contribution is -2.46. The molecule has 2 N–H and O–H groups in total. The molecule has 27 heavy (non-hydrogen) atoms. The van der Waals surface area contributed by atoms with Gasteiger partial charge in [-0.3, -0.25) is 4.79 Å². The van der Waals surface area contributed by atoms with Gasteiger partial charge in [0.1, 0.15) is 11.8 Å². The molecule has 0 aliphatic heterocycles. The predicted octanol–water partition coefficient (Wildman–Crippen LogP) is 1.99. The summed E-state index contributed by atoms with van der Waals surface area (Å²) in [7, 11) is 2.91. The molecule has 0 bridgehead atoms. The number of methoxy groups -OCH3 is 2. The van der Waals surface area contributed by atoms with Gasteiger partial charge < -0.3 is 20.1 Å². The molecular formula is C21H26N2O4. The Morgan fingerprint density at radius 3 is 2.44 bits per heavy atom. The van der Waals surface area contributed by atoms with Crippen LogP contribution in [0.5, 0.6) is 5.75 Å². The summed E-state index contributed by atoms with van der Waals surface area (Å²) in [5, 5.41) is 5.81. The van der Waals surface area contributed by atoms with Crippen molar-refractivity contribution in [1.29, 1.82) is 0 Å². The quantitative estimate of drug-likeness (QED) is 0.660. The lowest BCUT2D eigenvalue weighted by molar-refractivity contribution is -0.144. The molecule has 2 aromatic rings. The molecule has 0 saturated heterocycles. The summed E-state index contributed by atoms with van der Waals surface area (Å²) in [6.07, 6.45) is 0.327. The monoisotopic (exact) mass is 370 g/mol. The van der Waals surface area contributed by atoms with Gasteiger partial charge in [0.15, 0.2) is 0 Å². The second-order valence-electron chi connectivity index (χ2n) is 6.24. The van der Waals surface area contributed by atoms with Crippen LogP contribution in [0.4, 0.5) is 0 Å². The maximum absolute atomic E-state index is 12.2. The summed E-state index contributed by atoms with van der Waals surface area (Å²) >= 11 is 0. The van der Waals surface area contributed by atoms with Gasteiger partial charge in [-0.05, 0) is 29.7 Å². The van der Waals surface area contributed by atoms with Gasteiger partial charge >= 0.3 is 5.97 Å². The number of esters is 1. The van der Waals surface area contributed by atoms with Crippen LogP contribution >= 0.6 is 0 Å². The van der Waals surface area contributed by atoms with Gasteiger partial charge in [0.2, 0.25) is 5.91 Å². The molecule has 0 fully saturated rings. The van der Waals surface area contributed by atoms with Crippen LogP contribution in [0.25, 0.3) is 0 Å². The first-order valence-corrected chi connectivity index (χ1v) is 8.79. The molecule has 144 valence electrons. The zero-order valence-corrected chi connectivity index (χ0v) is 16.0. The largest absolute Gasteiger partial charge is 0.496 e. The van der Waals surface area contributed by atoms with Crippen molar-refractivity contribution in [2.24, 2.45) is 0 Å². The van der Waals surface area contributed by atoms with Gasteiger partial charge in [-0.2, -0.15) is 0 Å². The molecule has 6 nitrogen and oxygen atoms in total. The summed E-state index contributed by atoms with van der Waals surface area (Å²) in [4.78, 5) is 24.3. The van der Waals surface area contributed by atoms with Crippen molar-refractivity contribution in [3.05, 3.63) is 65.2 Å². The normalized spacial score (nSPS) is 11.5. The molecule has 0 aliphatic carbocycles. The molecule has 0 spiro atoms. The maximum atomic E-state index is 12.2. The van der Waals surface area contributed by atoms with E-state index in [9.17, 15) is 9.59 Å². The van der Waals surface area contributed by atoms with Crippen molar-refractivity contribution < 1.29 is 19.1 Å². The molecule has 6 heteroatoms. The van der Waals surface area contributed by atoms with Crippen LogP contribution < -0.4 is 15.4 Å². The zero-order chi connectivity index (χ0) is 19.6. The first-order chi connectivity index (χ1) is 13.0. The number of ether oxygens (including phenoxy) is 2. The summed E-state index contributed by atoms with van der Waals surface area (Å²) in [6.45, 7) is 2.63. The third-order valence-electron chi connectivity index (χ3n) is 4.19. The molecular weight excluding hydrogens is 344 g/mol. The van der Waals surface area contributed by atoms with Crippen LogP contribution in [0.2, 0.25) is 0 Å².